The number of ether oxygens (including phenoxy) is 1. The second-order valence-electron chi connectivity index (χ2n) is 3.16. The molecule has 5 nitrogen and oxygen atoms in total. The van der Waals surface area contributed by atoms with Crippen molar-refractivity contribution in [1.29, 1.82) is 0 Å². The molecule has 0 atom stereocenters. The summed E-state index contributed by atoms with van der Waals surface area (Å²) in [4.78, 5) is 23.2. The number of hydrogen-bond donors (Lipinski definition) is 1. The van der Waals surface area contributed by atoms with Crippen molar-refractivity contribution in [3.8, 4) is 5.75 Å². The number of rotatable bonds is 2. The highest BCUT2D eigenvalue weighted by Gasteiger charge is 2.23. The lowest BCUT2D eigenvalue weighted by Gasteiger charge is -2.27. The molecule has 0 saturated carbocycles. The molecular formula is C10H10N2O3. The quantitative estimate of drug-likeness (QED) is 0.721. The molecule has 5 heteroatoms. The minimum absolute atomic E-state index is 0.00104. The van der Waals surface area contributed by atoms with E-state index in [4.69, 9.17) is 4.74 Å². The second-order valence-corrected chi connectivity index (χ2v) is 3.16. The van der Waals surface area contributed by atoms with Crippen molar-refractivity contribution in [3.63, 3.8) is 0 Å². The summed E-state index contributed by atoms with van der Waals surface area (Å²) in [5.41, 5.74) is 1.24. The summed E-state index contributed by atoms with van der Waals surface area (Å²) in [7, 11) is 1.67. The molecule has 0 fully saturated rings. The first-order chi connectivity index (χ1) is 7.24. The number of benzene rings is 1. The first kappa shape index (κ1) is 9.51. The zero-order valence-corrected chi connectivity index (χ0v) is 8.19. The number of nitrogens with one attached hydrogen (secondary N) is 1. The van der Waals surface area contributed by atoms with Crippen LogP contribution in [0, 0.1) is 0 Å². The number of hydrogen-bond acceptors (Lipinski definition) is 3. The van der Waals surface area contributed by atoms with Gasteiger partial charge in [-0.2, -0.15) is 0 Å². The zero-order chi connectivity index (χ0) is 10.8. The molecule has 0 aliphatic carbocycles. The summed E-state index contributed by atoms with van der Waals surface area (Å²) in [6.45, 7) is 0.00104. The lowest BCUT2D eigenvalue weighted by atomic mass is 10.2. The topological polar surface area (TPSA) is 58.6 Å². The molecule has 1 heterocycles. The molecular weight excluding hydrogens is 196 g/mol. The maximum atomic E-state index is 11.3. The average molecular weight is 206 g/mol. The molecule has 0 spiro atoms. The van der Waals surface area contributed by atoms with Crippen LogP contribution in [0.25, 0.3) is 0 Å². The second kappa shape index (κ2) is 3.61. The Morgan fingerprint density at radius 2 is 2.33 bits per heavy atom. The monoisotopic (exact) mass is 206 g/mol. The van der Waals surface area contributed by atoms with Crippen LogP contribution in [0.15, 0.2) is 18.2 Å². The molecule has 2 rings (SSSR count). The Hall–Kier alpha value is -2.04. The third-order valence-corrected chi connectivity index (χ3v) is 2.28. The predicted octanol–water partition coefficient (Wildman–Crippen LogP) is 0.610. The van der Waals surface area contributed by atoms with E-state index < -0.39 is 0 Å². The fourth-order valence-electron chi connectivity index (χ4n) is 1.48. The van der Waals surface area contributed by atoms with Gasteiger partial charge in [0.05, 0.1) is 11.4 Å². The van der Waals surface area contributed by atoms with Gasteiger partial charge in [-0.25, -0.2) is 0 Å². The van der Waals surface area contributed by atoms with Crippen molar-refractivity contribution >= 4 is 23.7 Å². The molecule has 1 aromatic carbocycles. The molecule has 0 radical (unpaired) electrons. The minimum atomic E-state index is -0.106. The van der Waals surface area contributed by atoms with Gasteiger partial charge in [0.2, 0.25) is 6.41 Å². The lowest BCUT2D eigenvalue weighted by molar-refractivity contribution is -0.120. The summed E-state index contributed by atoms with van der Waals surface area (Å²) in [6, 6.07) is 5.24. The summed E-state index contributed by atoms with van der Waals surface area (Å²) in [5, 5.41) is 2.53. The number of anilines is 2. The maximum Gasteiger partial charge on any atom is 0.264 e. The van der Waals surface area contributed by atoms with Gasteiger partial charge >= 0.3 is 0 Å². The van der Waals surface area contributed by atoms with Gasteiger partial charge in [-0.3, -0.25) is 9.59 Å². The molecule has 15 heavy (non-hydrogen) atoms. The molecule has 1 N–H and O–H groups in total. The largest absolute Gasteiger partial charge is 0.479 e. The molecule has 78 valence electrons. The molecule has 0 saturated heterocycles. The molecule has 1 aliphatic rings. The van der Waals surface area contributed by atoms with E-state index in [2.05, 4.69) is 5.32 Å². The Morgan fingerprint density at radius 3 is 3.07 bits per heavy atom. The number of nitrogens with zero attached hydrogens (tertiary/aromatic N) is 1. The van der Waals surface area contributed by atoms with Gasteiger partial charge in [-0.15, -0.1) is 0 Å². The Bertz CT molecular complexity index is 417. The van der Waals surface area contributed by atoms with E-state index >= 15 is 0 Å². The predicted molar refractivity (Wildman–Crippen MR) is 55.0 cm³/mol. The standard InChI is InChI=1S/C10H10N2O3/c1-12-8-4-2-3-7(11-6-13)10(8)15-5-9(12)14/h2-4,6H,5H2,1H3,(H,11,13). The highest BCUT2D eigenvalue weighted by molar-refractivity contribution is 5.99. The molecule has 0 bridgehead atoms. The van der Waals surface area contributed by atoms with Gasteiger partial charge < -0.3 is 15.0 Å². The van der Waals surface area contributed by atoms with Crippen LogP contribution in [0.2, 0.25) is 0 Å². The molecule has 2 amide bonds. The Balaban J connectivity index is 2.48. The van der Waals surface area contributed by atoms with E-state index in [1.54, 1.807) is 25.2 Å². The first-order valence-electron chi connectivity index (χ1n) is 4.46. The summed E-state index contributed by atoms with van der Waals surface area (Å²) in [5.74, 6) is 0.428. The SMILES string of the molecule is CN1C(=O)COc2c(NC=O)cccc21. The summed E-state index contributed by atoms with van der Waals surface area (Å²) >= 11 is 0. The van der Waals surface area contributed by atoms with Crippen molar-refractivity contribution in [2.75, 3.05) is 23.9 Å². The Kier molecular flexibility index (Phi) is 2.29. The Labute approximate surface area is 86.6 Å². The highest BCUT2D eigenvalue weighted by atomic mass is 16.5. The van der Waals surface area contributed by atoms with Gasteiger partial charge in [0, 0.05) is 7.05 Å². The fraction of sp³-hybridized carbons (Fsp3) is 0.200. The van der Waals surface area contributed by atoms with E-state index in [0.29, 0.717) is 23.5 Å². The van der Waals surface area contributed by atoms with Crippen molar-refractivity contribution in [2.24, 2.45) is 0 Å². The van der Waals surface area contributed by atoms with Crippen LogP contribution in [0.5, 0.6) is 5.75 Å². The van der Waals surface area contributed by atoms with E-state index in [1.807, 2.05) is 0 Å². The van der Waals surface area contributed by atoms with Crippen LogP contribution in [0.1, 0.15) is 0 Å². The number of carbonyl (C=O) groups is 2. The van der Waals surface area contributed by atoms with Crippen molar-refractivity contribution in [3.05, 3.63) is 18.2 Å². The normalized spacial score (nSPS) is 14.2. The smallest absolute Gasteiger partial charge is 0.264 e. The van der Waals surface area contributed by atoms with Crippen molar-refractivity contribution < 1.29 is 14.3 Å². The number of carbonyl (C=O) groups excluding carboxylic acids is 2. The van der Waals surface area contributed by atoms with Gasteiger partial charge in [0.1, 0.15) is 0 Å². The van der Waals surface area contributed by atoms with Gasteiger partial charge in [-0.1, -0.05) is 6.07 Å². The van der Waals surface area contributed by atoms with Crippen LogP contribution in [-0.4, -0.2) is 26.0 Å². The third-order valence-electron chi connectivity index (χ3n) is 2.28. The summed E-state index contributed by atoms with van der Waals surface area (Å²) in [6.07, 6.45) is 0.579. The van der Waals surface area contributed by atoms with E-state index in [-0.39, 0.29) is 12.5 Å². The summed E-state index contributed by atoms with van der Waals surface area (Å²) < 4.78 is 5.28. The van der Waals surface area contributed by atoms with Crippen LogP contribution in [-0.2, 0) is 9.59 Å². The van der Waals surface area contributed by atoms with Gasteiger partial charge in [0.15, 0.2) is 12.4 Å². The Morgan fingerprint density at radius 1 is 1.53 bits per heavy atom. The van der Waals surface area contributed by atoms with E-state index in [1.165, 1.54) is 4.90 Å². The molecule has 0 unspecified atom stereocenters. The first-order valence-corrected chi connectivity index (χ1v) is 4.46. The lowest BCUT2D eigenvalue weighted by Crippen LogP contribution is -2.35. The third kappa shape index (κ3) is 1.52. The van der Waals surface area contributed by atoms with Crippen molar-refractivity contribution in [2.45, 2.75) is 0 Å². The van der Waals surface area contributed by atoms with Crippen molar-refractivity contribution in [1.82, 2.24) is 0 Å². The van der Waals surface area contributed by atoms with Crippen LogP contribution in [0.4, 0.5) is 11.4 Å². The number of para-hydroxylation sites is 1. The number of amides is 2. The van der Waals surface area contributed by atoms with Crippen LogP contribution < -0.4 is 15.0 Å². The fourth-order valence-corrected chi connectivity index (χ4v) is 1.48. The molecule has 1 aromatic rings. The molecule has 1 aliphatic heterocycles. The van der Waals surface area contributed by atoms with E-state index in [9.17, 15) is 9.59 Å². The van der Waals surface area contributed by atoms with Gasteiger partial charge in [0.25, 0.3) is 5.91 Å². The average Bonchev–Trinajstić information content (AvgIpc) is 2.25. The highest BCUT2D eigenvalue weighted by Crippen LogP contribution is 2.37. The van der Waals surface area contributed by atoms with Gasteiger partial charge in [-0.05, 0) is 12.1 Å². The molecule has 0 aromatic heterocycles. The van der Waals surface area contributed by atoms with E-state index in [0.717, 1.165) is 0 Å². The number of fused-ring (bicyclic) bond motifs is 1. The minimum Gasteiger partial charge on any atom is -0.479 e. The zero-order valence-electron chi connectivity index (χ0n) is 8.19. The van der Waals surface area contributed by atoms with Crippen LogP contribution in [0.3, 0.4) is 0 Å². The number of likely N-dealkylation sites (N-methyl/N-ethyl adjacent to an activating group) is 1. The van der Waals surface area contributed by atoms with Crippen LogP contribution >= 0.6 is 0 Å². The maximum absolute atomic E-state index is 11.3.